The van der Waals surface area contributed by atoms with E-state index in [-0.39, 0.29) is 10.2 Å². The molecule has 0 aromatic carbocycles. The van der Waals surface area contributed by atoms with Gasteiger partial charge in [-0.3, -0.25) is 9.97 Å². The van der Waals surface area contributed by atoms with E-state index in [1.165, 1.54) is 0 Å². The SMILES string of the molecule is O=C1CN([O-])NN1C(O)(O)O. The third-order valence-electron chi connectivity index (χ3n) is 1.04. The van der Waals surface area contributed by atoms with Crippen molar-refractivity contribution in [2.24, 2.45) is 0 Å². The predicted molar refractivity (Wildman–Crippen MR) is 29.4 cm³/mol. The van der Waals surface area contributed by atoms with Gasteiger partial charge in [0.1, 0.15) is 0 Å². The standard InChI is InChI=1S/C3H6N3O5/c7-2-1-5(11)4-6(2)3(8,9)10/h4,8-10H,1H2/q-1. The van der Waals surface area contributed by atoms with Gasteiger partial charge < -0.3 is 20.5 Å². The van der Waals surface area contributed by atoms with Gasteiger partial charge in [0.15, 0.2) is 0 Å². The lowest BCUT2D eigenvalue weighted by molar-refractivity contribution is -0.393. The van der Waals surface area contributed by atoms with E-state index >= 15 is 0 Å². The molecule has 1 fully saturated rings. The highest BCUT2D eigenvalue weighted by Crippen LogP contribution is 2.07. The fraction of sp³-hybridized carbons (Fsp3) is 0.667. The van der Waals surface area contributed by atoms with Gasteiger partial charge in [-0.1, -0.05) is 0 Å². The highest BCUT2D eigenvalue weighted by Gasteiger charge is 2.38. The number of rotatable bonds is 1. The van der Waals surface area contributed by atoms with Crippen molar-refractivity contribution in [3.8, 4) is 0 Å². The molecule has 0 aromatic rings. The Kier molecular flexibility index (Phi) is 1.80. The lowest BCUT2D eigenvalue weighted by atomic mass is 10.6. The number of aliphatic hydroxyl groups is 3. The summed E-state index contributed by atoms with van der Waals surface area (Å²) in [6, 6.07) is 0. The molecular weight excluding hydrogens is 158 g/mol. The Morgan fingerprint density at radius 2 is 2.09 bits per heavy atom. The zero-order valence-corrected chi connectivity index (χ0v) is 5.26. The van der Waals surface area contributed by atoms with Gasteiger partial charge in [-0.2, -0.15) is 10.5 Å². The summed E-state index contributed by atoms with van der Waals surface area (Å²) in [5.74, 6) is -0.937. The van der Waals surface area contributed by atoms with E-state index in [4.69, 9.17) is 15.3 Å². The Balaban J connectivity index is 2.68. The molecule has 0 aromatic heterocycles. The van der Waals surface area contributed by atoms with Crippen molar-refractivity contribution in [1.82, 2.24) is 15.7 Å². The molecule has 0 saturated carbocycles. The summed E-state index contributed by atoms with van der Waals surface area (Å²) in [6.07, 6.45) is -3.34. The molecule has 0 unspecified atom stereocenters. The maximum atomic E-state index is 10.6. The van der Waals surface area contributed by atoms with Crippen molar-refractivity contribution in [2.45, 2.75) is 6.10 Å². The maximum Gasteiger partial charge on any atom is 0.387 e. The van der Waals surface area contributed by atoms with E-state index in [2.05, 4.69) is 0 Å². The molecule has 1 aliphatic rings. The van der Waals surface area contributed by atoms with Crippen molar-refractivity contribution in [2.75, 3.05) is 6.54 Å². The van der Waals surface area contributed by atoms with Crippen LogP contribution in [0.5, 0.6) is 0 Å². The quantitative estimate of drug-likeness (QED) is 0.299. The highest BCUT2D eigenvalue weighted by atomic mass is 16.7. The number of hydrogen-bond donors (Lipinski definition) is 4. The first-order valence-corrected chi connectivity index (χ1v) is 2.62. The number of amides is 1. The number of hydrazine groups is 2. The van der Waals surface area contributed by atoms with Crippen LogP contribution in [0.15, 0.2) is 0 Å². The van der Waals surface area contributed by atoms with Crippen LogP contribution in [0.2, 0.25) is 0 Å². The fourth-order valence-corrected chi connectivity index (χ4v) is 0.631. The Morgan fingerprint density at radius 3 is 2.27 bits per heavy atom. The second-order valence-electron chi connectivity index (χ2n) is 1.97. The van der Waals surface area contributed by atoms with Gasteiger partial charge >= 0.3 is 6.10 Å². The van der Waals surface area contributed by atoms with Gasteiger partial charge in [0.25, 0.3) is 5.91 Å². The molecule has 8 nitrogen and oxygen atoms in total. The van der Waals surface area contributed by atoms with Crippen molar-refractivity contribution in [3.05, 3.63) is 5.21 Å². The first-order valence-electron chi connectivity index (χ1n) is 2.62. The van der Waals surface area contributed by atoms with Crippen LogP contribution in [0.3, 0.4) is 0 Å². The first kappa shape index (κ1) is 8.33. The van der Waals surface area contributed by atoms with Crippen molar-refractivity contribution in [3.63, 3.8) is 0 Å². The van der Waals surface area contributed by atoms with Crippen LogP contribution in [0.1, 0.15) is 0 Å². The number of nitrogens with one attached hydrogen (secondary N) is 1. The van der Waals surface area contributed by atoms with Gasteiger partial charge in [-0.25, -0.2) is 0 Å². The molecule has 11 heavy (non-hydrogen) atoms. The minimum atomic E-state index is -3.34. The van der Waals surface area contributed by atoms with Crippen LogP contribution in [-0.4, -0.2) is 44.0 Å². The molecule has 8 heteroatoms. The minimum absolute atomic E-state index is 0. The highest BCUT2D eigenvalue weighted by molar-refractivity contribution is 5.79. The third kappa shape index (κ3) is 1.63. The number of nitrogens with zero attached hydrogens (tertiary/aromatic N) is 2. The average molecular weight is 164 g/mol. The minimum Gasteiger partial charge on any atom is -0.770 e. The third-order valence-corrected chi connectivity index (χ3v) is 1.04. The fourth-order valence-electron chi connectivity index (χ4n) is 0.631. The lowest BCUT2D eigenvalue weighted by Gasteiger charge is -2.27. The number of hydrogen-bond acceptors (Lipinski definition) is 7. The summed E-state index contributed by atoms with van der Waals surface area (Å²) in [6.45, 7) is -0.580. The monoisotopic (exact) mass is 164 g/mol. The van der Waals surface area contributed by atoms with Crippen molar-refractivity contribution in [1.29, 1.82) is 0 Å². The summed E-state index contributed by atoms with van der Waals surface area (Å²) in [4.78, 5) is 10.6. The molecule has 4 N–H and O–H groups in total. The molecule has 0 aliphatic carbocycles. The molecule has 1 saturated heterocycles. The van der Waals surface area contributed by atoms with Gasteiger partial charge in [0.2, 0.25) is 0 Å². The largest absolute Gasteiger partial charge is 0.770 e. The topological polar surface area (TPSA) is 119 Å². The molecule has 0 radical (unpaired) electrons. The maximum absolute atomic E-state index is 10.6. The molecular formula is C3H6N3O5-. The Hall–Kier alpha value is -0.770. The molecule has 64 valence electrons. The summed E-state index contributed by atoms with van der Waals surface area (Å²) < 4.78 is 0. The normalized spacial score (nSPS) is 21.5. The van der Waals surface area contributed by atoms with Crippen molar-refractivity contribution < 1.29 is 20.1 Å². The van der Waals surface area contributed by atoms with Crippen LogP contribution in [0.4, 0.5) is 0 Å². The number of carbonyl (C=O) groups is 1. The molecule has 0 atom stereocenters. The molecule has 1 heterocycles. The van der Waals surface area contributed by atoms with E-state index in [1.807, 2.05) is 0 Å². The summed E-state index contributed by atoms with van der Waals surface area (Å²) in [7, 11) is 0. The van der Waals surface area contributed by atoms with E-state index in [9.17, 15) is 10.0 Å². The van der Waals surface area contributed by atoms with Crippen LogP contribution < -0.4 is 5.53 Å². The number of hydroxylamine groups is 1. The Labute approximate surface area is 60.8 Å². The second kappa shape index (κ2) is 2.37. The summed E-state index contributed by atoms with van der Waals surface area (Å²) >= 11 is 0. The Morgan fingerprint density at radius 1 is 1.55 bits per heavy atom. The van der Waals surface area contributed by atoms with Gasteiger partial charge in [0, 0.05) is 0 Å². The molecule has 1 amide bonds. The number of carbonyl (C=O) groups excluding carboxylic acids is 1. The van der Waals surface area contributed by atoms with E-state index in [0.717, 1.165) is 0 Å². The van der Waals surface area contributed by atoms with E-state index in [0.29, 0.717) is 0 Å². The summed E-state index contributed by atoms with van der Waals surface area (Å²) in [5, 5.41) is 35.5. The molecule has 1 aliphatic heterocycles. The smallest absolute Gasteiger partial charge is 0.387 e. The second-order valence-corrected chi connectivity index (χ2v) is 1.97. The van der Waals surface area contributed by atoms with Crippen LogP contribution in [0, 0.1) is 5.21 Å². The predicted octanol–water partition coefficient (Wildman–Crippen LogP) is -3.36. The molecule has 1 rings (SSSR count). The zero-order chi connectivity index (χ0) is 8.65. The van der Waals surface area contributed by atoms with Gasteiger partial charge in [0.05, 0.1) is 6.54 Å². The summed E-state index contributed by atoms with van der Waals surface area (Å²) in [5.41, 5.74) is 1.66. The molecule has 0 bridgehead atoms. The lowest BCUT2D eigenvalue weighted by Crippen LogP contribution is -2.55. The van der Waals surface area contributed by atoms with Crippen LogP contribution in [0.25, 0.3) is 0 Å². The van der Waals surface area contributed by atoms with E-state index < -0.39 is 18.5 Å². The first-order chi connectivity index (χ1) is 4.91. The van der Waals surface area contributed by atoms with Crippen LogP contribution in [-0.2, 0) is 4.79 Å². The van der Waals surface area contributed by atoms with Crippen LogP contribution >= 0.6 is 0 Å². The average Bonchev–Trinajstić information content (AvgIpc) is 2.08. The van der Waals surface area contributed by atoms with E-state index in [1.54, 1.807) is 5.53 Å². The van der Waals surface area contributed by atoms with Gasteiger partial charge in [-0.05, 0) is 0 Å². The van der Waals surface area contributed by atoms with Gasteiger partial charge in [-0.15, -0.1) is 0 Å². The van der Waals surface area contributed by atoms with Crippen molar-refractivity contribution >= 4 is 5.91 Å². The zero-order valence-electron chi connectivity index (χ0n) is 5.26. The Bertz CT molecular complexity index is 176. The molecule has 0 spiro atoms.